The molecule has 3 radical (unpaired) electrons. The van der Waals surface area contributed by atoms with Crippen molar-refractivity contribution in [2.45, 2.75) is 45.1 Å². The molecule has 1 N–H and O–H groups in total. The SMILES string of the molecule is CC(C)(C)c1ccc(O)c([P@]2N(c3ccccc3)C[C@@H]3CCCN32)c1.[B]. The first-order valence-electron chi connectivity index (χ1n) is 9.18. The van der Waals surface area contributed by atoms with Crippen LogP contribution in [0.1, 0.15) is 39.2 Å². The van der Waals surface area contributed by atoms with Gasteiger partial charge in [-0.1, -0.05) is 45.0 Å². The zero-order chi connectivity index (χ0) is 17.6. The van der Waals surface area contributed by atoms with Gasteiger partial charge in [-0.15, -0.1) is 0 Å². The summed E-state index contributed by atoms with van der Waals surface area (Å²) in [4.78, 5) is 0. The second-order valence-corrected chi connectivity index (χ2v) is 10.2. The molecule has 2 aromatic carbocycles. The topological polar surface area (TPSA) is 26.7 Å². The predicted molar refractivity (Wildman–Crippen MR) is 113 cm³/mol. The highest BCUT2D eigenvalue weighted by atomic mass is 31.1. The van der Waals surface area contributed by atoms with Gasteiger partial charge in [-0.3, -0.25) is 4.67 Å². The van der Waals surface area contributed by atoms with Gasteiger partial charge in [0.25, 0.3) is 0 Å². The minimum absolute atomic E-state index is 0. The van der Waals surface area contributed by atoms with Gasteiger partial charge in [0.15, 0.2) is 0 Å². The number of phenolic OH excluding ortho intramolecular Hbond substituents is 1. The minimum Gasteiger partial charge on any atom is -0.507 e. The lowest BCUT2D eigenvalue weighted by molar-refractivity contribution is 0.463. The molecular formula is C21H27BN2OP. The summed E-state index contributed by atoms with van der Waals surface area (Å²) < 4.78 is 5.17. The largest absolute Gasteiger partial charge is 0.507 e. The number of rotatable bonds is 2. The first kappa shape index (κ1) is 19.3. The second-order valence-electron chi connectivity index (χ2n) is 8.12. The summed E-state index contributed by atoms with van der Waals surface area (Å²) in [5, 5.41) is 11.8. The number of aromatic hydroxyl groups is 1. The Labute approximate surface area is 160 Å². The van der Waals surface area contributed by atoms with Crippen molar-refractivity contribution in [3.63, 3.8) is 0 Å². The van der Waals surface area contributed by atoms with Crippen LogP contribution in [-0.2, 0) is 5.41 Å². The van der Waals surface area contributed by atoms with E-state index in [1.54, 1.807) is 0 Å². The maximum absolute atomic E-state index is 10.7. The summed E-state index contributed by atoms with van der Waals surface area (Å²) in [7, 11) is -0.688. The van der Waals surface area contributed by atoms with Crippen molar-refractivity contribution in [3.8, 4) is 5.75 Å². The molecule has 2 aliphatic rings. The molecule has 2 aromatic rings. The van der Waals surface area contributed by atoms with E-state index in [1.165, 1.54) is 24.1 Å². The van der Waals surface area contributed by atoms with E-state index in [4.69, 9.17) is 0 Å². The van der Waals surface area contributed by atoms with Crippen molar-refractivity contribution in [3.05, 3.63) is 54.1 Å². The summed E-state index contributed by atoms with van der Waals surface area (Å²) >= 11 is 0. The molecule has 5 heteroatoms. The number of hydrogen-bond donors (Lipinski definition) is 1. The van der Waals surface area contributed by atoms with Crippen molar-refractivity contribution in [1.82, 2.24) is 4.67 Å². The van der Waals surface area contributed by atoms with Crippen LogP contribution in [0.2, 0.25) is 0 Å². The van der Waals surface area contributed by atoms with Gasteiger partial charge in [0, 0.05) is 33.2 Å². The van der Waals surface area contributed by atoms with Crippen LogP contribution in [0.15, 0.2) is 48.5 Å². The molecule has 0 spiro atoms. The van der Waals surface area contributed by atoms with Gasteiger partial charge >= 0.3 is 0 Å². The molecule has 0 amide bonds. The van der Waals surface area contributed by atoms with Crippen LogP contribution in [-0.4, -0.2) is 37.3 Å². The number of hydrogen-bond acceptors (Lipinski definition) is 3. The average molecular weight is 365 g/mol. The Balaban J connectivity index is 0.00000196. The van der Waals surface area contributed by atoms with Gasteiger partial charge < -0.3 is 9.78 Å². The van der Waals surface area contributed by atoms with E-state index in [0.29, 0.717) is 11.8 Å². The van der Waals surface area contributed by atoms with E-state index in [1.807, 2.05) is 6.07 Å². The fourth-order valence-corrected chi connectivity index (χ4v) is 6.78. The van der Waals surface area contributed by atoms with E-state index < -0.39 is 8.22 Å². The standard InChI is InChI=1S/C21H27N2OP.B/c1-21(2,3)16-11-12-19(24)20(14-16)25-22-13-7-10-18(22)15-23(25)17-8-5-4-6-9-17;/h4-6,8-9,11-12,14,18,24H,7,10,13,15H2,1-3H3;/t18-,25-;/m0./s1. The Morgan fingerprint density at radius 1 is 1.08 bits per heavy atom. The fourth-order valence-electron chi connectivity index (χ4n) is 3.90. The fraction of sp³-hybridized carbons (Fsp3) is 0.429. The Hall–Kier alpha value is -1.51. The number of phenols is 1. The van der Waals surface area contributed by atoms with Crippen LogP contribution in [0.3, 0.4) is 0 Å². The Kier molecular flexibility index (Phi) is 5.37. The van der Waals surface area contributed by atoms with Gasteiger partial charge in [-0.25, -0.2) is 0 Å². The molecule has 0 aliphatic carbocycles. The molecule has 135 valence electrons. The van der Waals surface area contributed by atoms with E-state index in [-0.39, 0.29) is 13.8 Å². The molecule has 2 heterocycles. The second kappa shape index (κ2) is 7.25. The van der Waals surface area contributed by atoms with Crippen LogP contribution in [0.5, 0.6) is 5.75 Å². The summed E-state index contributed by atoms with van der Waals surface area (Å²) in [5.74, 6) is 0.438. The van der Waals surface area contributed by atoms with E-state index in [2.05, 4.69) is 72.6 Å². The zero-order valence-electron chi connectivity index (χ0n) is 15.9. The normalized spacial score (nSPS) is 23.0. The van der Waals surface area contributed by atoms with E-state index in [0.717, 1.165) is 18.4 Å². The lowest BCUT2D eigenvalue weighted by Gasteiger charge is -2.32. The van der Waals surface area contributed by atoms with Crippen LogP contribution in [0.4, 0.5) is 5.69 Å². The summed E-state index contributed by atoms with van der Waals surface area (Å²) in [6, 6.07) is 17.5. The zero-order valence-corrected chi connectivity index (χ0v) is 16.8. The summed E-state index contributed by atoms with van der Waals surface area (Å²) in [6.07, 6.45) is 2.54. The van der Waals surface area contributed by atoms with Crippen LogP contribution in [0.25, 0.3) is 0 Å². The molecule has 0 unspecified atom stereocenters. The summed E-state index contributed by atoms with van der Waals surface area (Å²) in [6.45, 7) is 8.91. The molecule has 0 bridgehead atoms. The van der Waals surface area contributed by atoms with Crippen LogP contribution < -0.4 is 9.97 Å². The lowest BCUT2D eigenvalue weighted by Crippen LogP contribution is -2.25. The molecule has 2 fully saturated rings. The van der Waals surface area contributed by atoms with Crippen molar-refractivity contribution < 1.29 is 5.11 Å². The quantitative estimate of drug-likeness (QED) is 0.637. The minimum atomic E-state index is -0.688. The Morgan fingerprint density at radius 3 is 2.50 bits per heavy atom. The number of anilines is 1. The van der Waals surface area contributed by atoms with Crippen molar-refractivity contribution in [2.24, 2.45) is 0 Å². The third-order valence-corrected chi connectivity index (χ3v) is 7.97. The highest BCUT2D eigenvalue weighted by Crippen LogP contribution is 2.56. The molecule has 0 saturated carbocycles. The number of benzene rings is 2. The molecule has 2 saturated heterocycles. The summed E-state index contributed by atoms with van der Waals surface area (Å²) in [5.41, 5.74) is 2.64. The molecule has 26 heavy (non-hydrogen) atoms. The van der Waals surface area contributed by atoms with Gasteiger partial charge in [0.05, 0.1) is 5.30 Å². The van der Waals surface area contributed by atoms with Gasteiger partial charge in [-0.05, 0) is 48.1 Å². The van der Waals surface area contributed by atoms with Gasteiger partial charge in [0.2, 0.25) is 0 Å². The third kappa shape index (κ3) is 3.37. The number of para-hydroxylation sites is 1. The molecule has 2 aliphatic heterocycles. The van der Waals surface area contributed by atoms with Crippen LogP contribution >= 0.6 is 8.22 Å². The van der Waals surface area contributed by atoms with Crippen LogP contribution in [0, 0.1) is 0 Å². The third-order valence-electron chi connectivity index (χ3n) is 5.31. The van der Waals surface area contributed by atoms with Crippen molar-refractivity contribution >= 4 is 27.6 Å². The lowest BCUT2D eigenvalue weighted by atomic mass is 9.87. The van der Waals surface area contributed by atoms with E-state index in [9.17, 15) is 5.11 Å². The van der Waals surface area contributed by atoms with Crippen molar-refractivity contribution in [1.29, 1.82) is 0 Å². The first-order valence-corrected chi connectivity index (χ1v) is 10.4. The predicted octanol–water partition coefficient (Wildman–Crippen LogP) is 4.23. The highest BCUT2D eigenvalue weighted by molar-refractivity contribution is 7.65. The monoisotopic (exact) mass is 365 g/mol. The van der Waals surface area contributed by atoms with Gasteiger partial charge in [-0.2, -0.15) is 0 Å². The smallest absolute Gasteiger partial charge is 0.126 e. The highest BCUT2D eigenvalue weighted by Gasteiger charge is 2.44. The van der Waals surface area contributed by atoms with Gasteiger partial charge in [0.1, 0.15) is 14.0 Å². The average Bonchev–Trinajstić information content (AvgIpc) is 3.16. The Morgan fingerprint density at radius 2 is 1.81 bits per heavy atom. The van der Waals surface area contributed by atoms with Crippen molar-refractivity contribution in [2.75, 3.05) is 17.8 Å². The molecule has 3 nitrogen and oxygen atoms in total. The molecular weight excluding hydrogens is 338 g/mol. The maximum Gasteiger partial charge on any atom is 0.126 e. The molecule has 2 atom stereocenters. The number of fused-ring (bicyclic) bond motifs is 1. The Bertz CT molecular complexity index is 762. The number of nitrogens with zero attached hydrogens (tertiary/aromatic N) is 2. The molecule has 0 aromatic heterocycles. The van der Waals surface area contributed by atoms with E-state index >= 15 is 0 Å². The molecule has 4 rings (SSSR count). The first-order chi connectivity index (χ1) is 11.9. The maximum atomic E-state index is 10.7.